The first-order chi connectivity index (χ1) is 15.1. The van der Waals surface area contributed by atoms with Crippen LogP contribution in [0.1, 0.15) is 26.6 Å². The van der Waals surface area contributed by atoms with Crippen molar-refractivity contribution in [2.45, 2.75) is 32.0 Å². The number of rotatable bonds is 9. The Kier molecular flexibility index (Phi) is 6.53. The maximum absolute atomic E-state index is 13.0. The monoisotopic (exact) mass is 453 g/mol. The third-order valence-corrected chi connectivity index (χ3v) is 6.98. The van der Waals surface area contributed by atoms with Crippen molar-refractivity contribution in [3.05, 3.63) is 69.7 Å². The molecule has 31 heavy (non-hydrogen) atoms. The van der Waals surface area contributed by atoms with E-state index in [-0.39, 0.29) is 11.5 Å². The summed E-state index contributed by atoms with van der Waals surface area (Å²) in [6, 6.07) is 13.7. The van der Waals surface area contributed by atoms with Gasteiger partial charge in [0.25, 0.3) is 0 Å². The standard InChI is InChI=1S/C22H23N5O2S2/c1-15-13-18(16(2)26(15)11-10-17-7-6-12-30-17)20(28)14-31-22-23-24-25-27(22)19-8-4-5-9-21(19)29-3/h4-9,12-13H,10-11,14H2,1-3H3. The molecule has 0 atom stereocenters. The van der Waals surface area contributed by atoms with Crippen LogP contribution in [0.15, 0.2) is 53.0 Å². The van der Waals surface area contributed by atoms with Crippen molar-refractivity contribution >= 4 is 28.9 Å². The second-order valence-corrected chi connectivity index (χ2v) is 9.00. The second-order valence-electron chi connectivity index (χ2n) is 7.02. The molecule has 0 spiro atoms. The maximum Gasteiger partial charge on any atom is 0.214 e. The molecule has 0 N–H and O–H groups in total. The lowest BCUT2D eigenvalue weighted by atomic mass is 10.2. The topological polar surface area (TPSA) is 74.8 Å². The van der Waals surface area contributed by atoms with Crippen molar-refractivity contribution in [3.8, 4) is 11.4 Å². The smallest absolute Gasteiger partial charge is 0.214 e. The van der Waals surface area contributed by atoms with E-state index in [1.165, 1.54) is 16.6 Å². The molecule has 4 rings (SSSR count). The van der Waals surface area contributed by atoms with Crippen molar-refractivity contribution < 1.29 is 9.53 Å². The molecule has 160 valence electrons. The fourth-order valence-electron chi connectivity index (χ4n) is 3.54. The molecule has 9 heteroatoms. The van der Waals surface area contributed by atoms with Gasteiger partial charge in [0.05, 0.1) is 12.9 Å². The Balaban J connectivity index is 1.47. The van der Waals surface area contributed by atoms with E-state index in [0.29, 0.717) is 10.9 Å². The van der Waals surface area contributed by atoms with Crippen molar-refractivity contribution in [3.63, 3.8) is 0 Å². The number of hydrogen-bond acceptors (Lipinski definition) is 7. The van der Waals surface area contributed by atoms with Gasteiger partial charge in [-0.2, -0.15) is 4.68 Å². The van der Waals surface area contributed by atoms with E-state index in [4.69, 9.17) is 4.74 Å². The van der Waals surface area contributed by atoms with Gasteiger partial charge in [0.1, 0.15) is 11.4 Å². The molecule has 0 bridgehead atoms. The van der Waals surface area contributed by atoms with Crippen molar-refractivity contribution in [1.29, 1.82) is 0 Å². The highest BCUT2D eigenvalue weighted by Crippen LogP contribution is 2.26. The Morgan fingerprint density at radius 2 is 2.03 bits per heavy atom. The largest absolute Gasteiger partial charge is 0.494 e. The van der Waals surface area contributed by atoms with Crippen molar-refractivity contribution in [1.82, 2.24) is 24.8 Å². The average molecular weight is 454 g/mol. The third-order valence-electron chi connectivity index (χ3n) is 5.12. The Morgan fingerprint density at radius 3 is 2.81 bits per heavy atom. The zero-order valence-corrected chi connectivity index (χ0v) is 19.2. The molecule has 0 fully saturated rings. The fraction of sp³-hybridized carbons (Fsp3) is 0.273. The van der Waals surface area contributed by atoms with E-state index in [1.807, 2.05) is 44.2 Å². The number of aryl methyl sites for hydroxylation is 2. The van der Waals surface area contributed by atoms with Crippen LogP contribution >= 0.6 is 23.1 Å². The van der Waals surface area contributed by atoms with Crippen LogP contribution in [0.3, 0.4) is 0 Å². The van der Waals surface area contributed by atoms with Gasteiger partial charge in [-0.1, -0.05) is 30.0 Å². The molecule has 0 unspecified atom stereocenters. The van der Waals surface area contributed by atoms with Gasteiger partial charge in [-0.15, -0.1) is 16.4 Å². The molecule has 4 aromatic rings. The van der Waals surface area contributed by atoms with Crippen LogP contribution in [0.25, 0.3) is 5.69 Å². The molecular weight excluding hydrogens is 430 g/mol. The zero-order chi connectivity index (χ0) is 21.8. The summed E-state index contributed by atoms with van der Waals surface area (Å²) in [6.07, 6.45) is 0.962. The number of thioether (sulfide) groups is 1. The van der Waals surface area contributed by atoms with Crippen molar-refractivity contribution in [2.24, 2.45) is 0 Å². The van der Waals surface area contributed by atoms with E-state index in [2.05, 4.69) is 37.6 Å². The highest BCUT2D eigenvalue weighted by atomic mass is 32.2. The number of nitrogens with zero attached hydrogens (tertiary/aromatic N) is 5. The first-order valence-corrected chi connectivity index (χ1v) is 11.7. The lowest BCUT2D eigenvalue weighted by Crippen LogP contribution is -2.09. The number of Topliss-reactive ketones (excluding diaryl/α,β-unsaturated/α-hetero) is 1. The van der Waals surface area contributed by atoms with Gasteiger partial charge in [-0.3, -0.25) is 4.79 Å². The minimum atomic E-state index is 0.0649. The van der Waals surface area contributed by atoms with Gasteiger partial charge in [0, 0.05) is 28.4 Å². The molecule has 0 aliphatic heterocycles. The summed E-state index contributed by atoms with van der Waals surface area (Å²) in [5.41, 5.74) is 3.59. The first kappa shape index (κ1) is 21.3. The van der Waals surface area contributed by atoms with Crippen LogP contribution < -0.4 is 4.74 Å². The Hall–Kier alpha value is -2.91. The number of carbonyl (C=O) groups is 1. The highest BCUT2D eigenvalue weighted by Gasteiger charge is 2.19. The molecule has 0 saturated heterocycles. The summed E-state index contributed by atoms with van der Waals surface area (Å²) < 4.78 is 9.22. The predicted octanol–water partition coefficient (Wildman–Crippen LogP) is 4.37. The third kappa shape index (κ3) is 4.57. The van der Waals surface area contributed by atoms with Crippen LogP contribution in [0.2, 0.25) is 0 Å². The SMILES string of the molecule is COc1ccccc1-n1nnnc1SCC(=O)c1cc(C)n(CCc2cccs2)c1C. The van der Waals surface area contributed by atoms with E-state index in [0.717, 1.165) is 35.6 Å². The number of ether oxygens (including phenoxy) is 1. The number of carbonyl (C=O) groups excluding carboxylic acids is 1. The van der Waals surface area contributed by atoms with Crippen LogP contribution in [0.5, 0.6) is 5.75 Å². The molecule has 3 aromatic heterocycles. The number of benzene rings is 1. The first-order valence-electron chi connectivity index (χ1n) is 9.85. The summed E-state index contributed by atoms with van der Waals surface area (Å²) in [5, 5.41) is 14.6. The van der Waals surface area contributed by atoms with Gasteiger partial charge in [0.15, 0.2) is 5.78 Å². The lowest BCUT2D eigenvalue weighted by molar-refractivity contribution is 0.102. The van der Waals surface area contributed by atoms with Crippen LogP contribution in [0, 0.1) is 13.8 Å². The summed E-state index contributed by atoms with van der Waals surface area (Å²) in [7, 11) is 1.60. The van der Waals surface area contributed by atoms with E-state index < -0.39 is 0 Å². The van der Waals surface area contributed by atoms with Crippen LogP contribution in [0.4, 0.5) is 0 Å². The molecule has 7 nitrogen and oxygen atoms in total. The molecule has 0 aliphatic rings. The van der Waals surface area contributed by atoms with Gasteiger partial charge >= 0.3 is 0 Å². The Bertz CT molecular complexity index is 1180. The summed E-state index contributed by atoms with van der Waals surface area (Å²) in [4.78, 5) is 14.3. The van der Waals surface area contributed by atoms with Crippen molar-refractivity contribution in [2.75, 3.05) is 12.9 Å². The second kappa shape index (κ2) is 9.49. The predicted molar refractivity (Wildman–Crippen MR) is 123 cm³/mol. The highest BCUT2D eigenvalue weighted by molar-refractivity contribution is 7.99. The van der Waals surface area contributed by atoms with E-state index >= 15 is 0 Å². The minimum Gasteiger partial charge on any atom is -0.494 e. The van der Waals surface area contributed by atoms with Gasteiger partial charge < -0.3 is 9.30 Å². The number of para-hydroxylation sites is 2. The molecule has 3 heterocycles. The number of tetrazole rings is 1. The quantitative estimate of drug-likeness (QED) is 0.277. The number of thiophene rings is 1. The minimum absolute atomic E-state index is 0.0649. The molecule has 0 radical (unpaired) electrons. The lowest BCUT2D eigenvalue weighted by Gasteiger charge is -2.09. The number of aromatic nitrogens is 5. The van der Waals surface area contributed by atoms with Crippen LogP contribution in [-0.4, -0.2) is 43.4 Å². The normalized spacial score (nSPS) is 11.1. The number of hydrogen-bond donors (Lipinski definition) is 0. The van der Waals surface area contributed by atoms with E-state index in [1.54, 1.807) is 23.1 Å². The summed E-state index contributed by atoms with van der Waals surface area (Å²) >= 11 is 3.08. The summed E-state index contributed by atoms with van der Waals surface area (Å²) in [5.74, 6) is 0.984. The molecular formula is C22H23N5O2S2. The van der Waals surface area contributed by atoms with Gasteiger partial charge in [-0.05, 0) is 60.3 Å². The molecule has 1 aromatic carbocycles. The molecule has 0 aliphatic carbocycles. The fourth-order valence-corrected chi connectivity index (χ4v) is 5.00. The molecule has 0 amide bonds. The van der Waals surface area contributed by atoms with Gasteiger partial charge in [0.2, 0.25) is 5.16 Å². The zero-order valence-electron chi connectivity index (χ0n) is 17.6. The van der Waals surface area contributed by atoms with E-state index in [9.17, 15) is 4.79 Å². The van der Waals surface area contributed by atoms with Crippen LogP contribution in [-0.2, 0) is 13.0 Å². The summed E-state index contributed by atoms with van der Waals surface area (Å²) in [6.45, 7) is 4.93. The Morgan fingerprint density at radius 1 is 1.19 bits per heavy atom. The van der Waals surface area contributed by atoms with Gasteiger partial charge in [-0.25, -0.2) is 0 Å². The maximum atomic E-state index is 13.0. The Labute approximate surface area is 189 Å². The molecule has 0 saturated carbocycles. The number of methoxy groups -OCH3 is 1. The number of ketones is 1. The average Bonchev–Trinajstić information content (AvgIpc) is 3.52.